The summed E-state index contributed by atoms with van der Waals surface area (Å²) in [4.78, 5) is 15.1. The highest BCUT2D eigenvalue weighted by atomic mass is 16.1. The summed E-state index contributed by atoms with van der Waals surface area (Å²) in [6.45, 7) is 11.3. The Morgan fingerprint density at radius 3 is 2.73 bits per heavy atom. The van der Waals surface area contributed by atoms with Gasteiger partial charge in [0, 0.05) is 30.9 Å². The molecule has 0 spiro atoms. The lowest BCUT2D eigenvalue weighted by molar-refractivity contribution is -0.111. The van der Waals surface area contributed by atoms with E-state index in [9.17, 15) is 10.1 Å². The first-order valence-electron chi connectivity index (χ1n) is 7.92. The molecule has 6 heteroatoms. The third-order valence-corrected chi connectivity index (χ3v) is 4.50. The van der Waals surface area contributed by atoms with Gasteiger partial charge in [0.25, 0.3) is 0 Å². The van der Waals surface area contributed by atoms with Crippen molar-refractivity contribution in [2.45, 2.75) is 63.8 Å². The number of carbonyl (C=O) groups excluding carboxylic acids is 1. The van der Waals surface area contributed by atoms with Crippen molar-refractivity contribution in [1.29, 1.82) is 5.26 Å². The van der Waals surface area contributed by atoms with E-state index in [4.69, 9.17) is 11.5 Å². The van der Waals surface area contributed by atoms with E-state index in [-0.39, 0.29) is 30.2 Å². The van der Waals surface area contributed by atoms with Crippen LogP contribution in [0.2, 0.25) is 0 Å². The van der Waals surface area contributed by atoms with Crippen LogP contribution in [0.4, 0.5) is 0 Å². The number of nitriles is 1. The SMILES string of the molecule is C=C(C(N)CN1C[C@@H](N)CC1C=O)N(C(C)C#N)C(C)CC. The topological polar surface area (TPSA) is 99.4 Å². The zero-order chi connectivity index (χ0) is 16.9. The Bertz CT molecular complexity index is 433. The van der Waals surface area contributed by atoms with Crippen LogP contribution in [0, 0.1) is 11.3 Å². The quantitative estimate of drug-likeness (QED) is 0.631. The van der Waals surface area contributed by atoms with Gasteiger partial charge in [0.1, 0.15) is 12.3 Å². The van der Waals surface area contributed by atoms with E-state index >= 15 is 0 Å². The summed E-state index contributed by atoms with van der Waals surface area (Å²) in [5.74, 6) is 0. The summed E-state index contributed by atoms with van der Waals surface area (Å²) in [6, 6.07) is 1.69. The highest BCUT2D eigenvalue weighted by Gasteiger charge is 2.32. The Labute approximate surface area is 133 Å². The second-order valence-electron chi connectivity index (χ2n) is 6.22. The molecular weight excluding hydrogens is 278 g/mol. The minimum atomic E-state index is -0.322. The Morgan fingerprint density at radius 2 is 2.23 bits per heavy atom. The smallest absolute Gasteiger partial charge is 0.137 e. The third-order valence-electron chi connectivity index (χ3n) is 4.50. The fraction of sp³-hybridized carbons (Fsp3) is 0.750. The van der Waals surface area contributed by atoms with Gasteiger partial charge < -0.3 is 21.2 Å². The molecule has 0 amide bonds. The van der Waals surface area contributed by atoms with Crippen molar-refractivity contribution in [3.05, 3.63) is 12.3 Å². The van der Waals surface area contributed by atoms with Crippen molar-refractivity contribution < 1.29 is 4.79 Å². The highest BCUT2D eigenvalue weighted by molar-refractivity contribution is 5.58. The highest BCUT2D eigenvalue weighted by Crippen LogP contribution is 2.20. The van der Waals surface area contributed by atoms with Crippen molar-refractivity contribution >= 4 is 6.29 Å². The summed E-state index contributed by atoms with van der Waals surface area (Å²) < 4.78 is 0. The maximum absolute atomic E-state index is 11.1. The van der Waals surface area contributed by atoms with Crippen LogP contribution in [0.1, 0.15) is 33.6 Å². The van der Waals surface area contributed by atoms with Crippen LogP contribution in [-0.2, 0) is 4.79 Å². The molecule has 1 heterocycles. The standard InChI is InChI=1S/C16H29N5O/c1-5-11(2)21(12(3)7-17)13(4)16(19)9-20-8-14(18)6-15(20)10-22/h10-12,14-16H,4-6,8-9,18-19H2,1-3H3/t11?,12?,14-,15?,16?/m0/s1. The minimum Gasteiger partial charge on any atom is -0.356 e. The molecule has 1 saturated heterocycles. The number of hydrogen-bond donors (Lipinski definition) is 2. The number of rotatable bonds is 8. The molecule has 1 aliphatic rings. The molecule has 0 aromatic carbocycles. The second-order valence-corrected chi connectivity index (χ2v) is 6.22. The molecule has 5 atom stereocenters. The summed E-state index contributed by atoms with van der Waals surface area (Å²) in [6.07, 6.45) is 2.52. The molecule has 0 aromatic heterocycles. The Morgan fingerprint density at radius 1 is 1.59 bits per heavy atom. The number of nitrogens with two attached hydrogens (primary N) is 2. The van der Waals surface area contributed by atoms with Gasteiger partial charge in [0.15, 0.2) is 0 Å². The van der Waals surface area contributed by atoms with E-state index in [2.05, 4.69) is 26.5 Å². The van der Waals surface area contributed by atoms with Crippen molar-refractivity contribution in [2.75, 3.05) is 13.1 Å². The molecule has 4 N–H and O–H groups in total. The zero-order valence-corrected chi connectivity index (χ0v) is 13.9. The Kier molecular flexibility index (Phi) is 7.01. The van der Waals surface area contributed by atoms with Gasteiger partial charge in [-0.15, -0.1) is 0 Å². The monoisotopic (exact) mass is 307 g/mol. The van der Waals surface area contributed by atoms with E-state index in [1.54, 1.807) is 0 Å². The van der Waals surface area contributed by atoms with Gasteiger partial charge in [-0.05, 0) is 26.7 Å². The summed E-state index contributed by atoms with van der Waals surface area (Å²) >= 11 is 0. The molecule has 124 valence electrons. The molecular formula is C16H29N5O. The number of hydrogen-bond acceptors (Lipinski definition) is 6. The molecule has 0 radical (unpaired) electrons. The van der Waals surface area contributed by atoms with Crippen LogP contribution >= 0.6 is 0 Å². The fourth-order valence-electron chi connectivity index (χ4n) is 3.04. The van der Waals surface area contributed by atoms with Gasteiger partial charge in [0.2, 0.25) is 0 Å². The molecule has 0 aliphatic carbocycles. The number of aldehydes is 1. The average molecular weight is 307 g/mol. The predicted molar refractivity (Wildman–Crippen MR) is 87.8 cm³/mol. The Balaban J connectivity index is 2.77. The lowest BCUT2D eigenvalue weighted by atomic mass is 10.1. The predicted octanol–water partition coefficient (Wildman–Crippen LogP) is 0.440. The summed E-state index contributed by atoms with van der Waals surface area (Å²) in [5, 5.41) is 9.23. The van der Waals surface area contributed by atoms with Gasteiger partial charge in [0.05, 0.1) is 18.2 Å². The maximum atomic E-state index is 11.1. The van der Waals surface area contributed by atoms with Crippen LogP contribution in [0.15, 0.2) is 12.3 Å². The van der Waals surface area contributed by atoms with Crippen LogP contribution in [0.5, 0.6) is 0 Å². The molecule has 0 saturated carbocycles. The lowest BCUT2D eigenvalue weighted by Crippen LogP contribution is -2.49. The molecule has 4 unspecified atom stereocenters. The van der Waals surface area contributed by atoms with E-state index in [1.165, 1.54) is 0 Å². The maximum Gasteiger partial charge on any atom is 0.137 e. The molecule has 1 aliphatic heterocycles. The van der Waals surface area contributed by atoms with Gasteiger partial charge >= 0.3 is 0 Å². The fourth-order valence-corrected chi connectivity index (χ4v) is 3.04. The Hall–Kier alpha value is -1.42. The van der Waals surface area contributed by atoms with E-state index in [0.717, 1.165) is 18.4 Å². The van der Waals surface area contributed by atoms with Gasteiger partial charge in [-0.2, -0.15) is 5.26 Å². The normalized spacial score (nSPS) is 26.0. The number of carbonyl (C=O) groups is 1. The lowest BCUT2D eigenvalue weighted by Gasteiger charge is -2.38. The van der Waals surface area contributed by atoms with Gasteiger partial charge in [-0.3, -0.25) is 4.90 Å². The second kappa shape index (κ2) is 8.28. The van der Waals surface area contributed by atoms with Crippen molar-refractivity contribution in [2.24, 2.45) is 11.5 Å². The van der Waals surface area contributed by atoms with Crippen molar-refractivity contribution in [1.82, 2.24) is 9.80 Å². The van der Waals surface area contributed by atoms with Gasteiger partial charge in [-0.1, -0.05) is 13.5 Å². The first-order chi connectivity index (χ1) is 10.3. The number of likely N-dealkylation sites (tertiary alicyclic amines) is 1. The molecule has 0 bridgehead atoms. The molecule has 0 aromatic rings. The first-order valence-corrected chi connectivity index (χ1v) is 7.92. The van der Waals surface area contributed by atoms with E-state index in [1.807, 2.05) is 16.7 Å². The third kappa shape index (κ3) is 4.29. The zero-order valence-electron chi connectivity index (χ0n) is 13.9. The minimum absolute atomic E-state index is 0.0133. The van der Waals surface area contributed by atoms with Gasteiger partial charge in [-0.25, -0.2) is 0 Å². The van der Waals surface area contributed by atoms with Crippen LogP contribution in [0.3, 0.4) is 0 Å². The molecule has 22 heavy (non-hydrogen) atoms. The van der Waals surface area contributed by atoms with E-state index < -0.39 is 0 Å². The molecule has 1 fully saturated rings. The van der Waals surface area contributed by atoms with Crippen LogP contribution < -0.4 is 11.5 Å². The number of nitrogens with zero attached hydrogens (tertiary/aromatic N) is 3. The summed E-state index contributed by atoms with van der Waals surface area (Å²) in [7, 11) is 0. The molecule has 6 nitrogen and oxygen atoms in total. The van der Waals surface area contributed by atoms with Crippen LogP contribution in [0.25, 0.3) is 0 Å². The van der Waals surface area contributed by atoms with Crippen molar-refractivity contribution in [3.8, 4) is 6.07 Å². The summed E-state index contributed by atoms with van der Waals surface area (Å²) in [5.41, 5.74) is 13.0. The van der Waals surface area contributed by atoms with E-state index in [0.29, 0.717) is 19.5 Å². The largest absolute Gasteiger partial charge is 0.356 e. The average Bonchev–Trinajstić information content (AvgIpc) is 2.86. The van der Waals surface area contributed by atoms with Crippen molar-refractivity contribution in [3.63, 3.8) is 0 Å². The molecule has 1 rings (SSSR count). The first kappa shape index (κ1) is 18.6. The van der Waals surface area contributed by atoms with Crippen LogP contribution in [-0.4, -0.2) is 59.4 Å².